The van der Waals surface area contributed by atoms with Gasteiger partial charge in [-0.1, -0.05) is 13.8 Å². The lowest BCUT2D eigenvalue weighted by Crippen LogP contribution is -2.37. The second-order valence-electron chi connectivity index (χ2n) is 8.35. The maximum atomic E-state index is 12.5. The van der Waals surface area contributed by atoms with E-state index in [0.717, 1.165) is 29.9 Å². The van der Waals surface area contributed by atoms with E-state index in [-0.39, 0.29) is 23.3 Å². The number of aromatic nitrogens is 1. The van der Waals surface area contributed by atoms with Crippen molar-refractivity contribution in [1.29, 1.82) is 0 Å². The van der Waals surface area contributed by atoms with Crippen molar-refractivity contribution in [3.8, 4) is 11.3 Å². The number of ketones is 1. The number of carbonyl (C=O) groups excluding carboxylic acids is 1. The maximum absolute atomic E-state index is 12.5. The van der Waals surface area contributed by atoms with Crippen molar-refractivity contribution in [2.45, 2.75) is 33.2 Å². The highest BCUT2D eigenvalue weighted by Crippen LogP contribution is 2.40. The van der Waals surface area contributed by atoms with Crippen LogP contribution < -0.4 is 10.3 Å². The molecule has 0 spiro atoms. The van der Waals surface area contributed by atoms with Crippen LogP contribution in [0, 0.1) is 5.92 Å². The fraction of sp³-hybridized carbons (Fsp3) is 0.435. The Labute approximate surface area is 174 Å². The molecule has 1 atom stereocenters. The minimum absolute atomic E-state index is 0.0203. The number of anilines is 1. The van der Waals surface area contributed by atoms with Crippen molar-refractivity contribution in [2.75, 3.05) is 31.2 Å². The lowest BCUT2D eigenvalue weighted by Gasteiger charge is -2.36. The summed E-state index contributed by atoms with van der Waals surface area (Å²) in [5.41, 5.74) is 3.33. The number of Topliss-reactive ketones (excluding diaryl/α,β-unsaturated/α-hetero) is 1. The van der Waals surface area contributed by atoms with Gasteiger partial charge in [0.15, 0.2) is 11.2 Å². The number of hydrogen-bond donors (Lipinski definition) is 1. The van der Waals surface area contributed by atoms with Crippen LogP contribution in [0.25, 0.3) is 11.3 Å². The zero-order valence-corrected chi connectivity index (χ0v) is 17.5. The van der Waals surface area contributed by atoms with E-state index in [1.165, 1.54) is 12.3 Å². The van der Waals surface area contributed by atoms with Gasteiger partial charge in [-0.15, -0.1) is 0 Å². The van der Waals surface area contributed by atoms with Gasteiger partial charge in [0.25, 0.3) is 0 Å². The number of rotatable bonds is 4. The third kappa shape index (κ3) is 3.43. The van der Waals surface area contributed by atoms with Crippen LogP contribution in [0.3, 0.4) is 0 Å². The molecular weight excluding hydrogens is 384 g/mol. The molecule has 1 saturated heterocycles. The molecule has 1 aromatic heterocycles. The normalized spacial score (nSPS) is 18.1. The van der Waals surface area contributed by atoms with Gasteiger partial charge in [-0.3, -0.25) is 9.59 Å². The topological polar surface area (TPSA) is 88.8 Å². The molecule has 0 radical (unpaired) electrons. The molecule has 7 nitrogen and oxygen atoms in total. The Balaban J connectivity index is 1.94. The summed E-state index contributed by atoms with van der Waals surface area (Å²) < 4.78 is 7.36. The van der Waals surface area contributed by atoms with Gasteiger partial charge in [0, 0.05) is 48.2 Å². The van der Waals surface area contributed by atoms with E-state index in [4.69, 9.17) is 4.74 Å². The highest BCUT2D eigenvalue weighted by atomic mass is 16.5. The predicted octanol–water partition coefficient (Wildman–Crippen LogP) is 3.01. The fourth-order valence-electron chi connectivity index (χ4n) is 4.47. The number of morpholine rings is 1. The van der Waals surface area contributed by atoms with Crippen molar-refractivity contribution in [3.05, 3.63) is 51.3 Å². The minimum atomic E-state index is -1.23. The molecule has 2 aromatic rings. The number of carboxylic acids is 1. The highest BCUT2D eigenvalue weighted by Gasteiger charge is 2.30. The molecule has 2 aliphatic heterocycles. The molecule has 2 aliphatic rings. The zero-order valence-electron chi connectivity index (χ0n) is 17.5. The smallest absolute Gasteiger partial charge is 0.341 e. The van der Waals surface area contributed by atoms with E-state index >= 15 is 0 Å². The number of nitrogens with zero attached hydrogens (tertiary/aromatic N) is 2. The first-order chi connectivity index (χ1) is 14.3. The second-order valence-corrected chi connectivity index (χ2v) is 8.35. The molecular formula is C23H26N2O5. The van der Waals surface area contributed by atoms with E-state index in [1.807, 2.05) is 10.6 Å². The summed E-state index contributed by atoms with van der Waals surface area (Å²) >= 11 is 0. The number of ether oxygens (including phenoxy) is 1. The summed E-state index contributed by atoms with van der Waals surface area (Å²) in [4.78, 5) is 38.7. The number of benzene rings is 1. The van der Waals surface area contributed by atoms with Crippen molar-refractivity contribution in [1.82, 2.24) is 4.57 Å². The van der Waals surface area contributed by atoms with Crippen LogP contribution in [-0.2, 0) is 11.2 Å². The average Bonchev–Trinajstić information content (AvgIpc) is 2.72. The lowest BCUT2D eigenvalue weighted by atomic mass is 9.85. The number of fused-ring (bicyclic) bond motifs is 3. The van der Waals surface area contributed by atoms with Gasteiger partial charge < -0.3 is 19.3 Å². The summed E-state index contributed by atoms with van der Waals surface area (Å²) in [6.07, 6.45) is 2.16. The summed E-state index contributed by atoms with van der Waals surface area (Å²) in [5, 5.41) is 9.41. The molecule has 3 heterocycles. The van der Waals surface area contributed by atoms with Gasteiger partial charge in [-0.05, 0) is 37.0 Å². The minimum Gasteiger partial charge on any atom is -0.477 e. The third-order valence-corrected chi connectivity index (χ3v) is 6.09. The molecule has 1 unspecified atom stereocenters. The van der Waals surface area contributed by atoms with E-state index in [1.54, 1.807) is 6.92 Å². The molecule has 30 heavy (non-hydrogen) atoms. The Kier molecular flexibility index (Phi) is 5.24. The van der Waals surface area contributed by atoms with E-state index < -0.39 is 11.4 Å². The first-order valence-corrected chi connectivity index (χ1v) is 10.3. The molecule has 1 N–H and O–H groups in total. The predicted molar refractivity (Wildman–Crippen MR) is 114 cm³/mol. The van der Waals surface area contributed by atoms with Crippen LogP contribution in [0.2, 0.25) is 0 Å². The summed E-state index contributed by atoms with van der Waals surface area (Å²) in [6, 6.07) is 5.36. The van der Waals surface area contributed by atoms with Gasteiger partial charge in [0.2, 0.25) is 0 Å². The number of hydrogen-bond acceptors (Lipinski definition) is 5. The molecule has 1 fully saturated rings. The van der Waals surface area contributed by atoms with Crippen LogP contribution in [0.4, 0.5) is 5.69 Å². The largest absolute Gasteiger partial charge is 0.477 e. The van der Waals surface area contributed by atoms with Crippen LogP contribution in [0.15, 0.2) is 29.2 Å². The number of carbonyl (C=O) groups is 2. The van der Waals surface area contributed by atoms with Gasteiger partial charge in [0.05, 0.1) is 18.9 Å². The monoisotopic (exact) mass is 410 g/mol. The summed E-state index contributed by atoms with van der Waals surface area (Å²) in [5.74, 6) is -1.03. The van der Waals surface area contributed by atoms with Crippen LogP contribution >= 0.6 is 0 Å². The quantitative estimate of drug-likeness (QED) is 0.780. The van der Waals surface area contributed by atoms with Gasteiger partial charge in [-0.25, -0.2) is 4.79 Å². The van der Waals surface area contributed by atoms with Crippen molar-refractivity contribution in [2.24, 2.45) is 5.92 Å². The van der Waals surface area contributed by atoms with Gasteiger partial charge in [0.1, 0.15) is 5.56 Å². The number of aromatic carboxylic acids is 1. The van der Waals surface area contributed by atoms with Crippen LogP contribution in [0.1, 0.15) is 53.1 Å². The van der Waals surface area contributed by atoms with E-state index in [0.29, 0.717) is 30.9 Å². The van der Waals surface area contributed by atoms with Gasteiger partial charge >= 0.3 is 5.97 Å². The Bertz CT molecular complexity index is 1080. The molecule has 1 aromatic carbocycles. The molecule has 7 heteroatoms. The van der Waals surface area contributed by atoms with Crippen LogP contribution in [0.5, 0.6) is 0 Å². The lowest BCUT2D eigenvalue weighted by molar-refractivity contribution is 0.0694. The summed E-state index contributed by atoms with van der Waals surface area (Å²) in [6.45, 7) is 8.43. The molecule has 0 amide bonds. The maximum Gasteiger partial charge on any atom is 0.341 e. The SMILES string of the molecule is CC(=O)c1cc2c(cc1N1CCOCC1)CC(C(C)C)n1cc(C(=O)O)c(=O)cc1-2. The van der Waals surface area contributed by atoms with E-state index in [2.05, 4.69) is 24.8 Å². The van der Waals surface area contributed by atoms with Crippen molar-refractivity contribution in [3.63, 3.8) is 0 Å². The zero-order chi connectivity index (χ0) is 21.6. The Morgan fingerprint density at radius 3 is 2.43 bits per heavy atom. The molecule has 158 valence electrons. The fourth-order valence-corrected chi connectivity index (χ4v) is 4.47. The highest BCUT2D eigenvalue weighted by molar-refractivity contribution is 6.01. The first-order valence-electron chi connectivity index (χ1n) is 10.3. The second kappa shape index (κ2) is 7.72. The first kappa shape index (κ1) is 20.3. The van der Waals surface area contributed by atoms with E-state index in [9.17, 15) is 19.5 Å². The van der Waals surface area contributed by atoms with Gasteiger partial charge in [-0.2, -0.15) is 0 Å². The Morgan fingerprint density at radius 1 is 1.13 bits per heavy atom. The van der Waals surface area contributed by atoms with Crippen molar-refractivity contribution < 1.29 is 19.4 Å². The summed E-state index contributed by atoms with van der Waals surface area (Å²) in [7, 11) is 0. The Morgan fingerprint density at radius 2 is 1.83 bits per heavy atom. The van der Waals surface area contributed by atoms with Crippen LogP contribution in [-0.4, -0.2) is 47.7 Å². The van der Waals surface area contributed by atoms with Crippen molar-refractivity contribution >= 4 is 17.4 Å². The average molecular weight is 410 g/mol. The molecule has 0 aliphatic carbocycles. The Hall–Kier alpha value is -2.93. The number of pyridine rings is 1. The molecule has 0 bridgehead atoms. The third-order valence-electron chi connectivity index (χ3n) is 6.09. The standard InChI is InChI=1S/C23H26N2O5/c1-13(2)19-8-15-9-20(24-4-6-30-7-5-24)16(14(3)26)10-17(15)21-11-22(27)18(23(28)29)12-25(19)21/h9-13,19H,4-8H2,1-3H3,(H,28,29). The number of carboxylic acid groups (broad SMARTS) is 1. The molecule has 4 rings (SSSR count). The molecule has 0 saturated carbocycles.